The molecule has 1 aliphatic carbocycles. The van der Waals surface area contributed by atoms with Crippen molar-refractivity contribution >= 4 is 34.3 Å². The second kappa shape index (κ2) is 7.06. The van der Waals surface area contributed by atoms with Crippen LogP contribution in [-0.2, 0) is 13.1 Å². The van der Waals surface area contributed by atoms with Gasteiger partial charge in [-0.25, -0.2) is 4.39 Å². The summed E-state index contributed by atoms with van der Waals surface area (Å²) in [4.78, 5) is 32.4. The Morgan fingerprint density at radius 1 is 1.32 bits per heavy atom. The van der Waals surface area contributed by atoms with Crippen LogP contribution in [-0.4, -0.2) is 67.2 Å². The first-order valence-electron chi connectivity index (χ1n) is 10.0. The van der Waals surface area contributed by atoms with Crippen molar-refractivity contribution in [3.63, 3.8) is 0 Å². The van der Waals surface area contributed by atoms with Gasteiger partial charge in [-0.05, 0) is 31.0 Å². The number of aromatic nitrogens is 3. The Morgan fingerprint density at radius 2 is 2.10 bits per heavy atom. The highest BCUT2D eigenvalue weighted by atomic mass is 35.5. The molecule has 10 heteroatoms. The van der Waals surface area contributed by atoms with E-state index in [-0.39, 0.29) is 30.0 Å². The topological polar surface area (TPSA) is 94.5 Å². The number of fused-ring (bicyclic) bond motifs is 2. The number of aliphatic hydroxyl groups excluding tert-OH is 1. The first kappa shape index (κ1) is 20.0. The number of nitrogens with zero attached hydrogens (tertiary/aromatic N) is 4. The molecule has 0 atom stereocenters. The molecule has 31 heavy (non-hydrogen) atoms. The van der Waals surface area contributed by atoms with Gasteiger partial charge >= 0.3 is 0 Å². The second-order valence-corrected chi connectivity index (χ2v) is 8.65. The molecule has 0 saturated heterocycles. The maximum Gasteiger partial charge on any atom is 0.270 e. The fraction of sp³-hybridized carbons (Fsp3) is 0.381. The standard InChI is InChI=1S/C21H21ClFN5O3/c1-26(21(11-29)2-3-21)19(30)13-9-24-28-5-4-27(10-18(13)28)20(31)17-7-12-6-15(23)14(22)8-16(12)25-17/h6-9,25,29H,2-5,10-11H2,1H3. The smallest absolute Gasteiger partial charge is 0.270 e. The minimum absolute atomic E-state index is 0.0150. The molecule has 8 nitrogen and oxygen atoms in total. The number of benzene rings is 1. The lowest BCUT2D eigenvalue weighted by Crippen LogP contribution is -2.43. The van der Waals surface area contributed by atoms with Gasteiger partial charge < -0.3 is 19.9 Å². The number of aliphatic hydroxyl groups is 1. The maximum atomic E-state index is 13.7. The van der Waals surface area contributed by atoms with Gasteiger partial charge in [0, 0.05) is 24.5 Å². The van der Waals surface area contributed by atoms with Crippen molar-refractivity contribution in [1.29, 1.82) is 0 Å². The molecule has 1 aliphatic heterocycles. The monoisotopic (exact) mass is 445 g/mol. The fourth-order valence-corrected chi connectivity index (χ4v) is 4.31. The van der Waals surface area contributed by atoms with E-state index in [9.17, 15) is 19.1 Å². The first-order valence-corrected chi connectivity index (χ1v) is 10.4. The third kappa shape index (κ3) is 3.19. The number of halogens is 2. The Balaban J connectivity index is 1.40. The largest absolute Gasteiger partial charge is 0.394 e. The van der Waals surface area contributed by atoms with Crippen molar-refractivity contribution in [2.24, 2.45) is 0 Å². The van der Waals surface area contributed by atoms with Crippen molar-refractivity contribution in [3.8, 4) is 0 Å². The number of nitrogens with one attached hydrogen (secondary N) is 1. The number of carbonyl (C=O) groups excluding carboxylic acids is 2. The summed E-state index contributed by atoms with van der Waals surface area (Å²) in [6.07, 6.45) is 3.07. The molecule has 1 aromatic carbocycles. The number of carbonyl (C=O) groups is 2. The van der Waals surface area contributed by atoms with Gasteiger partial charge in [0.15, 0.2) is 0 Å². The summed E-state index contributed by atoms with van der Waals surface area (Å²) in [5.74, 6) is -1.00. The van der Waals surface area contributed by atoms with Crippen LogP contribution in [0.3, 0.4) is 0 Å². The van der Waals surface area contributed by atoms with Crippen molar-refractivity contribution < 1.29 is 19.1 Å². The Bertz CT molecular complexity index is 1180. The molecule has 3 aromatic rings. The average molecular weight is 446 g/mol. The highest BCUT2D eigenvalue weighted by molar-refractivity contribution is 6.31. The molecule has 0 radical (unpaired) electrons. The lowest BCUT2D eigenvalue weighted by atomic mass is 10.1. The van der Waals surface area contributed by atoms with Gasteiger partial charge in [-0.3, -0.25) is 14.3 Å². The van der Waals surface area contributed by atoms with Gasteiger partial charge in [-0.15, -0.1) is 0 Å². The molecule has 5 rings (SSSR count). The number of rotatable bonds is 4. The van der Waals surface area contributed by atoms with Crippen LogP contribution >= 0.6 is 11.6 Å². The molecule has 1 saturated carbocycles. The van der Waals surface area contributed by atoms with Crippen molar-refractivity contribution in [2.75, 3.05) is 20.2 Å². The van der Waals surface area contributed by atoms with Gasteiger partial charge in [0.05, 0.1) is 47.7 Å². The number of amides is 2. The number of aromatic amines is 1. The minimum atomic E-state index is -0.544. The molecule has 1 fully saturated rings. The van der Waals surface area contributed by atoms with E-state index in [4.69, 9.17) is 11.6 Å². The van der Waals surface area contributed by atoms with Gasteiger partial charge in [-0.1, -0.05) is 11.6 Å². The molecule has 0 unspecified atom stereocenters. The highest BCUT2D eigenvalue weighted by Gasteiger charge is 2.48. The molecule has 2 N–H and O–H groups in total. The third-order valence-corrected chi connectivity index (χ3v) is 6.71. The van der Waals surface area contributed by atoms with Crippen molar-refractivity contribution in [1.82, 2.24) is 24.6 Å². The number of hydrogen-bond acceptors (Lipinski definition) is 4. The van der Waals surface area contributed by atoms with Crippen molar-refractivity contribution in [2.45, 2.75) is 31.5 Å². The average Bonchev–Trinajstić information content (AvgIpc) is 3.30. The third-order valence-electron chi connectivity index (χ3n) is 6.42. The molecule has 0 spiro atoms. The van der Waals surface area contributed by atoms with E-state index in [1.807, 2.05) is 0 Å². The number of H-pyrrole nitrogens is 1. The van der Waals surface area contributed by atoms with E-state index in [1.165, 1.54) is 18.3 Å². The molecule has 2 aromatic heterocycles. The van der Waals surface area contributed by atoms with E-state index >= 15 is 0 Å². The van der Waals surface area contributed by atoms with E-state index in [0.29, 0.717) is 40.9 Å². The molecule has 0 bridgehead atoms. The number of hydrogen-bond donors (Lipinski definition) is 2. The van der Waals surface area contributed by atoms with Crippen LogP contribution in [0.4, 0.5) is 4.39 Å². The summed E-state index contributed by atoms with van der Waals surface area (Å²) in [6.45, 7) is 1.05. The Labute approximate surface area is 182 Å². The molecular weight excluding hydrogens is 425 g/mol. The van der Waals surface area contributed by atoms with Crippen LogP contribution in [0.25, 0.3) is 10.9 Å². The molecule has 2 aliphatic rings. The Hall–Kier alpha value is -2.91. The summed E-state index contributed by atoms with van der Waals surface area (Å²) in [5.41, 5.74) is 1.51. The van der Waals surface area contributed by atoms with Gasteiger partial charge in [0.1, 0.15) is 11.5 Å². The molecule has 162 valence electrons. The predicted molar refractivity (Wildman–Crippen MR) is 111 cm³/mol. The molecule has 2 amide bonds. The van der Waals surface area contributed by atoms with Gasteiger partial charge in [0.25, 0.3) is 11.8 Å². The van der Waals surface area contributed by atoms with E-state index < -0.39 is 11.4 Å². The molecule has 3 heterocycles. The highest BCUT2D eigenvalue weighted by Crippen LogP contribution is 2.41. The van der Waals surface area contributed by atoms with Crippen LogP contribution < -0.4 is 0 Å². The summed E-state index contributed by atoms with van der Waals surface area (Å²) in [6, 6.07) is 4.34. The minimum Gasteiger partial charge on any atom is -0.394 e. The lowest BCUT2D eigenvalue weighted by molar-refractivity contribution is 0.0608. The lowest BCUT2D eigenvalue weighted by Gasteiger charge is -2.30. The van der Waals surface area contributed by atoms with Crippen LogP contribution in [0.2, 0.25) is 5.02 Å². The zero-order valence-corrected chi connectivity index (χ0v) is 17.6. The normalized spacial score (nSPS) is 17.0. The van der Waals surface area contributed by atoms with Gasteiger partial charge in [-0.2, -0.15) is 5.10 Å². The zero-order valence-electron chi connectivity index (χ0n) is 16.9. The van der Waals surface area contributed by atoms with Crippen LogP contribution in [0.15, 0.2) is 24.4 Å². The summed E-state index contributed by atoms with van der Waals surface area (Å²) >= 11 is 5.84. The SMILES string of the molecule is CN(C(=O)c1cnn2c1CN(C(=O)c1cc3cc(F)c(Cl)cc3[nH]1)CC2)C1(CO)CC1. The summed E-state index contributed by atoms with van der Waals surface area (Å²) in [7, 11) is 1.69. The second-order valence-electron chi connectivity index (χ2n) is 8.24. The quantitative estimate of drug-likeness (QED) is 0.644. The van der Waals surface area contributed by atoms with Crippen LogP contribution in [0.1, 0.15) is 39.4 Å². The fourth-order valence-electron chi connectivity index (χ4n) is 4.15. The van der Waals surface area contributed by atoms with Crippen LogP contribution in [0.5, 0.6) is 0 Å². The first-order chi connectivity index (χ1) is 14.8. The van der Waals surface area contributed by atoms with E-state index in [0.717, 1.165) is 12.8 Å². The van der Waals surface area contributed by atoms with Gasteiger partial charge in [0.2, 0.25) is 0 Å². The summed E-state index contributed by atoms with van der Waals surface area (Å²) < 4.78 is 15.5. The predicted octanol–water partition coefficient (Wildman–Crippen LogP) is 2.41. The maximum absolute atomic E-state index is 13.7. The van der Waals surface area contributed by atoms with Crippen LogP contribution in [0, 0.1) is 5.82 Å². The summed E-state index contributed by atoms with van der Waals surface area (Å²) in [5, 5.41) is 14.5. The molecular formula is C21H21ClFN5O3. The number of likely N-dealkylation sites (N-methyl/N-ethyl adjacent to an activating group) is 1. The zero-order chi connectivity index (χ0) is 21.9. The Morgan fingerprint density at radius 3 is 2.81 bits per heavy atom. The van der Waals surface area contributed by atoms with Crippen molar-refractivity contribution in [3.05, 3.63) is 52.2 Å². The Kier molecular flexibility index (Phi) is 4.56. The van der Waals surface area contributed by atoms with E-state index in [1.54, 1.807) is 27.6 Å². The van der Waals surface area contributed by atoms with E-state index in [2.05, 4.69) is 10.1 Å².